The van der Waals surface area contributed by atoms with Gasteiger partial charge in [0.25, 0.3) is 0 Å². The summed E-state index contributed by atoms with van der Waals surface area (Å²) in [7, 11) is 6.21. The lowest BCUT2D eigenvalue weighted by molar-refractivity contribution is -0.149. The van der Waals surface area contributed by atoms with Gasteiger partial charge >= 0.3 is 0 Å². The van der Waals surface area contributed by atoms with Crippen molar-refractivity contribution in [3.63, 3.8) is 0 Å². The molecule has 0 aliphatic carbocycles. The van der Waals surface area contributed by atoms with Gasteiger partial charge in [-0.15, -0.1) is 0 Å². The molecule has 7 atom stereocenters. The van der Waals surface area contributed by atoms with Gasteiger partial charge in [0.05, 0.1) is 41.2 Å². The molecule has 38 heavy (non-hydrogen) atoms. The van der Waals surface area contributed by atoms with Crippen molar-refractivity contribution < 1.29 is 49.6 Å². The van der Waals surface area contributed by atoms with Gasteiger partial charge in [-0.25, -0.2) is 0 Å². The van der Waals surface area contributed by atoms with Gasteiger partial charge in [-0.05, 0) is 66.5 Å². The van der Waals surface area contributed by atoms with Crippen LogP contribution in [0.15, 0.2) is 36.4 Å². The first-order chi connectivity index (χ1) is 18.1. The fraction of sp³-hybridized carbons (Fsp3) is 0.571. The van der Waals surface area contributed by atoms with Crippen molar-refractivity contribution in [1.82, 2.24) is 0 Å². The quantitative estimate of drug-likeness (QED) is 0.182. The first kappa shape index (κ1) is 31.6. The topological polar surface area (TPSA) is 158 Å². The van der Waals surface area contributed by atoms with E-state index in [2.05, 4.69) is 0 Å². The van der Waals surface area contributed by atoms with Crippen molar-refractivity contribution in [1.29, 1.82) is 0 Å². The third kappa shape index (κ3) is 8.72. The molecular weight excluding hydrogens is 496 g/mol. The molecule has 10 heteroatoms. The molecule has 0 amide bonds. The number of methoxy groups -OCH3 is 4. The second-order valence-corrected chi connectivity index (χ2v) is 9.66. The summed E-state index contributed by atoms with van der Waals surface area (Å²) in [6.07, 6.45) is -7.31. The normalized spacial score (nSPS) is 17.0. The fourth-order valence-electron chi connectivity index (χ4n) is 4.64. The van der Waals surface area contributed by atoms with Gasteiger partial charge in [0.2, 0.25) is 0 Å². The number of aliphatic hydroxyl groups is 6. The van der Waals surface area contributed by atoms with Crippen molar-refractivity contribution in [2.24, 2.45) is 11.8 Å². The van der Waals surface area contributed by atoms with Gasteiger partial charge in [-0.3, -0.25) is 0 Å². The second kappa shape index (κ2) is 15.1. The highest BCUT2D eigenvalue weighted by molar-refractivity contribution is 5.39. The lowest BCUT2D eigenvalue weighted by Crippen LogP contribution is -2.52. The van der Waals surface area contributed by atoms with Crippen LogP contribution in [0.2, 0.25) is 0 Å². The van der Waals surface area contributed by atoms with Gasteiger partial charge < -0.3 is 49.6 Å². The first-order valence-corrected chi connectivity index (χ1v) is 12.5. The number of rotatable bonds is 16. The Kier molecular flexibility index (Phi) is 12.6. The van der Waals surface area contributed by atoms with Crippen LogP contribution in [0.3, 0.4) is 0 Å². The highest BCUT2D eigenvalue weighted by Crippen LogP contribution is 2.31. The lowest BCUT2D eigenvalue weighted by Gasteiger charge is -2.34. The Morgan fingerprint density at radius 2 is 0.974 bits per heavy atom. The summed E-state index contributed by atoms with van der Waals surface area (Å²) in [4.78, 5) is 0. The van der Waals surface area contributed by atoms with E-state index in [1.807, 2.05) is 19.1 Å². The van der Waals surface area contributed by atoms with E-state index >= 15 is 0 Å². The van der Waals surface area contributed by atoms with E-state index in [4.69, 9.17) is 24.1 Å². The van der Waals surface area contributed by atoms with E-state index in [1.165, 1.54) is 14.2 Å². The molecule has 0 bridgehead atoms. The summed E-state index contributed by atoms with van der Waals surface area (Å²) >= 11 is 0. The second-order valence-electron chi connectivity index (χ2n) is 9.66. The van der Waals surface area contributed by atoms with Crippen LogP contribution in [0, 0.1) is 11.8 Å². The average Bonchev–Trinajstić information content (AvgIpc) is 2.93. The highest BCUT2D eigenvalue weighted by Gasteiger charge is 2.38. The maximum Gasteiger partial charge on any atom is 0.122 e. The van der Waals surface area contributed by atoms with E-state index in [0.717, 1.165) is 11.1 Å². The predicted molar refractivity (Wildman–Crippen MR) is 141 cm³/mol. The van der Waals surface area contributed by atoms with E-state index in [0.29, 0.717) is 42.3 Å². The molecule has 0 aliphatic heterocycles. The molecule has 10 nitrogen and oxygen atoms in total. The number of ether oxygens (including phenoxy) is 4. The monoisotopic (exact) mass is 538 g/mol. The first-order valence-electron chi connectivity index (χ1n) is 12.5. The van der Waals surface area contributed by atoms with Gasteiger partial charge in [-0.1, -0.05) is 6.92 Å². The number of hydrogen-bond acceptors (Lipinski definition) is 10. The van der Waals surface area contributed by atoms with Crippen LogP contribution in [0.1, 0.15) is 24.5 Å². The van der Waals surface area contributed by atoms with Gasteiger partial charge in [0, 0.05) is 12.1 Å². The molecule has 0 heterocycles. The Balaban J connectivity index is 2.33. The Morgan fingerprint density at radius 3 is 1.37 bits per heavy atom. The SMILES string of the molecule is COc1cc(CC(C)CC(Cc2cc(OC)cc(OC)c2)C(O)[C@@H](O)[C@@H](O)[C@H](O)[C@@H](O)CO)cc(OC)c1. The zero-order valence-corrected chi connectivity index (χ0v) is 22.7. The van der Waals surface area contributed by atoms with Crippen LogP contribution in [-0.4, -0.2) is 96.2 Å². The summed E-state index contributed by atoms with van der Waals surface area (Å²) in [6, 6.07) is 10.9. The molecule has 0 aliphatic rings. The number of hydrogen-bond donors (Lipinski definition) is 6. The molecule has 2 aromatic carbocycles. The summed E-state index contributed by atoms with van der Waals surface area (Å²) < 4.78 is 21.4. The average molecular weight is 539 g/mol. The van der Waals surface area contributed by atoms with Crippen molar-refractivity contribution in [3.05, 3.63) is 47.5 Å². The summed E-state index contributed by atoms with van der Waals surface area (Å²) in [5, 5.41) is 61.3. The van der Waals surface area contributed by atoms with Crippen molar-refractivity contribution in [2.75, 3.05) is 35.0 Å². The molecule has 0 radical (unpaired) electrons. The van der Waals surface area contributed by atoms with Crippen LogP contribution in [0.5, 0.6) is 23.0 Å². The maximum atomic E-state index is 11.2. The third-order valence-corrected chi connectivity index (χ3v) is 6.72. The van der Waals surface area contributed by atoms with E-state index < -0.39 is 43.0 Å². The molecule has 0 saturated carbocycles. The minimum atomic E-state index is -1.88. The summed E-state index contributed by atoms with van der Waals surface area (Å²) in [6.45, 7) is 1.19. The van der Waals surface area contributed by atoms with Crippen LogP contribution >= 0.6 is 0 Å². The van der Waals surface area contributed by atoms with E-state index in [-0.39, 0.29) is 5.92 Å². The zero-order chi connectivity index (χ0) is 28.4. The van der Waals surface area contributed by atoms with Gasteiger partial charge in [0.15, 0.2) is 0 Å². The van der Waals surface area contributed by atoms with Crippen LogP contribution in [0.4, 0.5) is 0 Å². The minimum absolute atomic E-state index is 0.0104. The molecule has 6 N–H and O–H groups in total. The van der Waals surface area contributed by atoms with Gasteiger partial charge in [-0.2, -0.15) is 0 Å². The van der Waals surface area contributed by atoms with Crippen molar-refractivity contribution in [3.8, 4) is 23.0 Å². The predicted octanol–water partition coefficient (Wildman–Crippen LogP) is 0.945. The molecule has 0 fully saturated rings. The number of aliphatic hydroxyl groups excluding tert-OH is 6. The van der Waals surface area contributed by atoms with E-state index in [1.54, 1.807) is 38.5 Å². The summed E-state index contributed by atoms with van der Waals surface area (Å²) in [5.41, 5.74) is 1.74. The van der Waals surface area contributed by atoms with Crippen LogP contribution in [0.25, 0.3) is 0 Å². The minimum Gasteiger partial charge on any atom is -0.497 e. The highest BCUT2D eigenvalue weighted by atomic mass is 16.5. The molecule has 2 rings (SSSR count). The van der Waals surface area contributed by atoms with Crippen molar-refractivity contribution in [2.45, 2.75) is 56.7 Å². The Labute approximate surface area is 224 Å². The largest absolute Gasteiger partial charge is 0.497 e. The molecule has 2 aromatic rings. The third-order valence-electron chi connectivity index (χ3n) is 6.72. The summed E-state index contributed by atoms with van der Waals surface area (Å²) in [5.74, 6) is 1.87. The van der Waals surface area contributed by atoms with Crippen LogP contribution in [-0.2, 0) is 12.8 Å². The Morgan fingerprint density at radius 1 is 0.579 bits per heavy atom. The maximum absolute atomic E-state index is 11.2. The van der Waals surface area contributed by atoms with Crippen molar-refractivity contribution >= 4 is 0 Å². The molecule has 0 aromatic heterocycles. The fourth-order valence-corrected chi connectivity index (χ4v) is 4.64. The zero-order valence-electron chi connectivity index (χ0n) is 22.7. The lowest BCUT2D eigenvalue weighted by atomic mass is 9.80. The van der Waals surface area contributed by atoms with Crippen LogP contribution < -0.4 is 18.9 Å². The van der Waals surface area contributed by atoms with E-state index in [9.17, 15) is 25.5 Å². The molecule has 0 spiro atoms. The Hall–Kier alpha value is -2.60. The smallest absolute Gasteiger partial charge is 0.122 e. The number of benzene rings is 2. The van der Waals surface area contributed by atoms with Gasteiger partial charge in [0.1, 0.15) is 47.4 Å². The molecule has 3 unspecified atom stereocenters. The molecule has 214 valence electrons. The standard InChI is InChI=1S/C28H42O10/c1-16(6-17-9-20(35-2)13-21(10-17)36-3)7-19(8-18-11-22(37-4)14-23(12-18)38-5)25(31)27(33)28(34)26(32)24(30)15-29/h9-14,16,19,24-34H,6-8,15H2,1-5H3/t16?,19?,24-,25?,26+,27+,28-/m0/s1. The Bertz CT molecular complexity index is 940. The molecule has 0 saturated heterocycles. The molecular formula is C28H42O10.